The summed E-state index contributed by atoms with van der Waals surface area (Å²) in [5.41, 5.74) is 1.50. The Bertz CT molecular complexity index is 623. The second-order valence-electron chi connectivity index (χ2n) is 5.21. The molecule has 2 rings (SSSR count). The number of amides is 1. The van der Waals surface area contributed by atoms with Crippen LogP contribution in [0.2, 0.25) is 0 Å². The van der Waals surface area contributed by atoms with Crippen LogP contribution in [0.4, 0.5) is 0 Å². The third kappa shape index (κ3) is 2.99. The minimum Gasteiger partial charge on any atom is -0.462 e. The van der Waals surface area contributed by atoms with Crippen LogP contribution in [0.15, 0.2) is 10.9 Å². The lowest BCUT2D eigenvalue weighted by molar-refractivity contribution is -0.122. The van der Waals surface area contributed by atoms with Crippen molar-refractivity contribution in [1.29, 1.82) is 0 Å². The van der Waals surface area contributed by atoms with E-state index in [2.05, 4.69) is 5.32 Å². The number of nitrogens with one attached hydrogen (secondary N) is 1. The summed E-state index contributed by atoms with van der Waals surface area (Å²) >= 11 is 0. The Morgan fingerprint density at radius 3 is 2.71 bits per heavy atom. The van der Waals surface area contributed by atoms with Crippen LogP contribution >= 0.6 is 0 Å². The molecule has 1 N–H and O–H groups in total. The van der Waals surface area contributed by atoms with Gasteiger partial charge >= 0.3 is 5.97 Å². The average Bonchev–Trinajstić information content (AvgIpc) is 2.40. The second-order valence-corrected chi connectivity index (χ2v) is 5.21. The summed E-state index contributed by atoms with van der Waals surface area (Å²) in [4.78, 5) is 35.6. The van der Waals surface area contributed by atoms with Gasteiger partial charge in [0.25, 0.3) is 5.56 Å². The zero-order chi connectivity index (χ0) is 15.6. The quantitative estimate of drug-likeness (QED) is 0.846. The van der Waals surface area contributed by atoms with Crippen LogP contribution in [0, 0.1) is 13.8 Å². The lowest BCUT2D eigenvalue weighted by Crippen LogP contribution is -2.41. The molecule has 1 aliphatic heterocycles. The van der Waals surface area contributed by atoms with E-state index in [9.17, 15) is 14.4 Å². The highest BCUT2D eigenvalue weighted by atomic mass is 16.5. The van der Waals surface area contributed by atoms with Crippen molar-refractivity contribution in [1.82, 2.24) is 9.88 Å². The molecule has 0 spiro atoms. The van der Waals surface area contributed by atoms with Crippen molar-refractivity contribution in [2.45, 2.75) is 39.7 Å². The van der Waals surface area contributed by atoms with Crippen molar-refractivity contribution in [3.63, 3.8) is 0 Å². The fraction of sp³-hybridized carbons (Fsp3) is 0.533. The number of esters is 1. The first-order valence-electron chi connectivity index (χ1n) is 7.12. The molecule has 0 saturated carbocycles. The molecule has 0 bridgehead atoms. The second kappa shape index (κ2) is 6.11. The maximum absolute atomic E-state index is 12.3. The monoisotopic (exact) mass is 292 g/mol. The topological polar surface area (TPSA) is 77.4 Å². The van der Waals surface area contributed by atoms with Gasteiger partial charge in [-0.1, -0.05) is 0 Å². The Labute approximate surface area is 123 Å². The molecule has 1 fully saturated rings. The zero-order valence-electron chi connectivity index (χ0n) is 12.6. The summed E-state index contributed by atoms with van der Waals surface area (Å²) in [6.45, 7) is 5.92. The Hall–Kier alpha value is -2.11. The standard InChI is InChI=1S/C15H20N2O4/c1-4-21-15(20)14-9(2)7-13(19)17(10(14)3)11-5-6-12(18)16-8-11/h7,11H,4-6,8H2,1-3H3,(H,16,18). The van der Waals surface area contributed by atoms with Gasteiger partial charge in [0.15, 0.2) is 0 Å². The van der Waals surface area contributed by atoms with Gasteiger partial charge in [-0.2, -0.15) is 0 Å². The molecule has 1 amide bonds. The van der Waals surface area contributed by atoms with Gasteiger partial charge in [-0.05, 0) is 32.8 Å². The number of aryl methyl sites for hydroxylation is 1. The van der Waals surface area contributed by atoms with Gasteiger partial charge in [0, 0.05) is 24.7 Å². The van der Waals surface area contributed by atoms with Gasteiger partial charge in [-0.15, -0.1) is 0 Å². The van der Waals surface area contributed by atoms with Crippen LogP contribution in [0.5, 0.6) is 0 Å². The first-order chi connectivity index (χ1) is 9.95. The van der Waals surface area contributed by atoms with Gasteiger partial charge < -0.3 is 14.6 Å². The van der Waals surface area contributed by atoms with Crippen molar-refractivity contribution in [2.75, 3.05) is 13.2 Å². The van der Waals surface area contributed by atoms with Crippen molar-refractivity contribution >= 4 is 11.9 Å². The number of hydrogen-bond acceptors (Lipinski definition) is 4. The van der Waals surface area contributed by atoms with Crippen molar-refractivity contribution < 1.29 is 14.3 Å². The largest absolute Gasteiger partial charge is 0.462 e. The molecular weight excluding hydrogens is 272 g/mol. The minimum absolute atomic E-state index is 0.00493. The van der Waals surface area contributed by atoms with E-state index in [1.807, 2.05) is 0 Å². The van der Waals surface area contributed by atoms with E-state index in [-0.39, 0.29) is 24.1 Å². The van der Waals surface area contributed by atoms with E-state index in [0.29, 0.717) is 36.2 Å². The Morgan fingerprint density at radius 2 is 2.14 bits per heavy atom. The van der Waals surface area contributed by atoms with Crippen LogP contribution in [-0.4, -0.2) is 29.6 Å². The molecule has 114 valence electrons. The number of piperidine rings is 1. The molecule has 1 aromatic heterocycles. The lowest BCUT2D eigenvalue weighted by Gasteiger charge is -2.27. The fourth-order valence-corrected chi connectivity index (χ4v) is 2.80. The number of hydrogen-bond donors (Lipinski definition) is 1. The number of nitrogens with zero attached hydrogens (tertiary/aromatic N) is 1. The summed E-state index contributed by atoms with van der Waals surface area (Å²) in [5.74, 6) is -0.421. The van der Waals surface area contributed by atoms with Gasteiger partial charge in [0.05, 0.1) is 18.2 Å². The van der Waals surface area contributed by atoms with E-state index in [0.717, 1.165) is 0 Å². The summed E-state index contributed by atoms with van der Waals surface area (Å²) in [7, 11) is 0. The molecule has 21 heavy (non-hydrogen) atoms. The van der Waals surface area contributed by atoms with Crippen LogP contribution in [0.1, 0.15) is 47.4 Å². The van der Waals surface area contributed by atoms with Gasteiger partial charge in [-0.3, -0.25) is 9.59 Å². The predicted octanol–water partition coefficient (Wildman–Crippen LogP) is 1.09. The van der Waals surface area contributed by atoms with E-state index in [4.69, 9.17) is 4.74 Å². The molecule has 6 heteroatoms. The van der Waals surface area contributed by atoms with Gasteiger partial charge in [0.1, 0.15) is 0 Å². The Balaban J connectivity index is 2.46. The number of aromatic nitrogens is 1. The molecule has 1 saturated heterocycles. The molecule has 1 aromatic rings. The number of carbonyl (C=O) groups is 2. The molecule has 2 heterocycles. The maximum atomic E-state index is 12.3. The zero-order valence-corrected chi connectivity index (χ0v) is 12.6. The number of rotatable bonds is 3. The lowest BCUT2D eigenvalue weighted by atomic mass is 10.0. The van der Waals surface area contributed by atoms with Crippen LogP contribution in [0.3, 0.4) is 0 Å². The normalized spacial score (nSPS) is 18.2. The summed E-state index contributed by atoms with van der Waals surface area (Å²) in [6.07, 6.45) is 0.983. The first-order valence-corrected chi connectivity index (χ1v) is 7.12. The molecule has 1 unspecified atom stereocenters. The molecule has 0 aromatic carbocycles. The van der Waals surface area contributed by atoms with Crippen LogP contribution in [0.25, 0.3) is 0 Å². The van der Waals surface area contributed by atoms with E-state index in [1.165, 1.54) is 6.07 Å². The summed E-state index contributed by atoms with van der Waals surface area (Å²) < 4.78 is 6.66. The SMILES string of the molecule is CCOC(=O)c1c(C)cc(=O)n(C2CCC(=O)NC2)c1C. The molecule has 1 aliphatic rings. The van der Waals surface area contributed by atoms with Crippen LogP contribution in [-0.2, 0) is 9.53 Å². The van der Waals surface area contributed by atoms with Crippen molar-refractivity contribution in [3.05, 3.63) is 33.2 Å². The van der Waals surface area contributed by atoms with E-state index in [1.54, 1.807) is 25.3 Å². The number of pyridine rings is 1. The number of ether oxygens (including phenoxy) is 1. The van der Waals surface area contributed by atoms with Gasteiger partial charge in [0.2, 0.25) is 5.91 Å². The minimum atomic E-state index is -0.416. The predicted molar refractivity (Wildman–Crippen MR) is 77.4 cm³/mol. The van der Waals surface area contributed by atoms with Crippen molar-refractivity contribution in [2.24, 2.45) is 0 Å². The average molecular weight is 292 g/mol. The number of carbonyl (C=O) groups excluding carboxylic acids is 2. The first kappa shape index (κ1) is 15.3. The third-order valence-electron chi connectivity index (χ3n) is 3.78. The molecular formula is C15H20N2O4. The molecule has 0 radical (unpaired) electrons. The van der Waals surface area contributed by atoms with E-state index >= 15 is 0 Å². The highest BCUT2D eigenvalue weighted by Crippen LogP contribution is 2.21. The summed E-state index contributed by atoms with van der Waals surface area (Å²) in [5, 5.41) is 2.76. The van der Waals surface area contributed by atoms with E-state index < -0.39 is 5.97 Å². The smallest absolute Gasteiger partial charge is 0.340 e. The third-order valence-corrected chi connectivity index (χ3v) is 3.78. The Kier molecular flexibility index (Phi) is 4.45. The highest BCUT2D eigenvalue weighted by molar-refractivity contribution is 5.92. The fourth-order valence-electron chi connectivity index (χ4n) is 2.80. The molecule has 1 atom stereocenters. The maximum Gasteiger partial charge on any atom is 0.340 e. The highest BCUT2D eigenvalue weighted by Gasteiger charge is 2.25. The summed E-state index contributed by atoms with van der Waals surface area (Å²) in [6, 6.07) is 1.33. The molecule has 6 nitrogen and oxygen atoms in total. The van der Waals surface area contributed by atoms with Crippen molar-refractivity contribution in [3.8, 4) is 0 Å². The van der Waals surface area contributed by atoms with Gasteiger partial charge in [-0.25, -0.2) is 4.79 Å². The molecule has 0 aliphatic carbocycles. The Morgan fingerprint density at radius 1 is 1.43 bits per heavy atom. The van der Waals surface area contributed by atoms with Crippen LogP contribution < -0.4 is 10.9 Å².